The van der Waals surface area contributed by atoms with Crippen LogP contribution < -0.4 is 0 Å². The van der Waals surface area contributed by atoms with Crippen LogP contribution in [0.4, 0.5) is 0 Å². The number of piperidine rings is 1. The molecule has 0 atom stereocenters. The standard InChI is InChI=1S/C17H30N2O6S/c1-18(12-15(20)21)14-6-10-19(11-7-14)26(23,24)13-17(16(22)25-2)8-4-3-5-9-17/h14H,3-13H2,1-2H3,(H,20,21). The van der Waals surface area contributed by atoms with Gasteiger partial charge in [0.2, 0.25) is 10.0 Å². The van der Waals surface area contributed by atoms with Gasteiger partial charge in [-0.25, -0.2) is 12.7 Å². The number of carboxylic acid groups (broad SMARTS) is 1. The Morgan fingerprint density at radius 1 is 1.19 bits per heavy atom. The molecule has 1 saturated heterocycles. The van der Waals surface area contributed by atoms with Crippen molar-refractivity contribution >= 4 is 22.0 Å². The zero-order valence-electron chi connectivity index (χ0n) is 15.6. The molecule has 0 radical (unpaired) electrons. The van der Waals surface area contributed by atoms with E-state index in [1.54, 1.807) is 11.9 Å². The van der Waals surface area contributed by atoms with Crippen LogP contribution in [0.1, 0.15) is 44.9 Å². The summed E-state index contributed by atoms with van der Waals surface area (Å²) in [6, 6.07) is 0.0572. The predicted molar refractivity (Wildman–Crippen MR) is 96.2 cm³/mol. The summed E-state index contributed by atoms with van der Waals surface area (Å²) in [6.07, 6.45) is 4.98. The number of sulfonamides is 1. The van der Waals surface area contributed by atoms with Gasteiger partial charge >= 0.3 is 11.9 Å². The zero-order chi connectivity index (χ0) is 19.4. The molecular formula is C17H30N2O6S. The van der Waals surface area contributed by atoms with Crippen LogP contribution in [0.15, 0.2) is 0 Å². The van der Waals surface area contributed by atoms with Crippen LogP contribution in [-0.4, -0.2) is 80.3 Å². The minimum atomic E-state index is -3.57. The van der Waals surface area contributed by atoms with E-state index in [1.165, 1.54) is 11.4 Å². The number of carboxylic acids is 1. The third-order valence-electron chi connectivity index (χ3n) is 5.71. The Balaban J connectivity index is 2.01. The molecule has 1 saturated carbocycles. The normalized spacial score (nSPS) is 22.3. The van der Waals surface area contributed by atoms with Crippen LogP contribution in [0.2, 0.25) is 0 Å². The van der Waals surface area contributed by atoms with E-state index >= 15 is 0 Å². The molecular weight excluding hydrogens is 360 g/mol. The molecule has 0 spiro atoms. The van der Waals surface area contributed by atoms with Gasteiger partial charge < -0.3 is 9.84 Å². The number of nitrogens with zero attached hydrogens (tertiary/aromatic N) is 2. The van der Waals surface area contributed by atoms with Crippen LogP contribution >= 0.6 is 0 Å². The third-order valence-corrected chi connectivity index (χ3v) is 7.78. The first-order chi connectivity index (χ1) is 12.2. The van der Waals surface area contributed by atoms with Crippen molar-refractivity contribution in [1.82, 2.24) is 9.21 Å². The molecule has 9 heteroatoms. The summed E-state index contributed by atoms with van der Waals surface area (Å²) >= 11 is 0. The van der Waals surface area contributed by atoms with Gasteiger partial charge in [0.25, 0.3) is 0 Å². The summed E-state index contributed by atoms with van der Waals surface area (Å²) in [7, 11) is -0.509. The fourth-order valence-electron chi connectivity index (χ4n) is 4.20. The summed E-state index contributed by atoms with van der Waals surface area (Å²) in [5.41, 5.74) is -0.928. The molecule has 0 unspecified atom stereocenters. The van der Waals surface area contributed by atoms with Crippen molar-refractivity contribution in [2.45, 2.75) is 51.0 Å². The average Bonchev–Trinajstić information content (AvgIpc) is 2.61. The summed E-state index contributed by atoms with van der Waals surface area (Å²) in [6.45, 7) is 0.658. The molecule has 2 rings (SSSR count). The Labute approximate surface area is 155 Å². The smallest absolute Gasteiger partial charge is 0.317 e. The molecule has 1 heterocycles. The number of hydrogen-bond donors (Lipinski definition) is 1. The summed E-state index contributed by atoms with van der Waals surface area (Å²) < 4.78 is 32.3. The van der Waals surface area contributed by atoms with Crippen molar-refractivity contribution < 1.29 is 27.9 Å². The molecule has 1 aliphatic carbocycles. The molecule has 26 heavy (non-hydrogen) atoms. The topological polar surface area (TPSA) is 104 Å². The lowest BCUT2D eigenvalue weighted by Gasteiger charge is -2.39. The second kappa shape index (κ2) is 8.67. The highest BCUT2D eigenvalue weighted by atomic mass is 32.2. The van der Waals surface area contributed by atoms with E-state index in [4.69, 9.17) is 9.84 Å². The quantitative estimate of drug-likeness (QED) is 0.645. The second-order valence-electron chi connectivity index (χ2n) is 7.53. The van der Waals surface area contributed by atoms with Gasteiger partial charge in [-0.3, -0.25) is 14.5 Å². The predicted octanol–water partition coefficient (Wildman–Crippen LogP) is 0.921. The van der Waals surface area contributed by atoms with Gasteiger partial charge in [0, 0.05) is 19.1 Å². The average molecular weight is 391 g/mol. The number of carbonyl (C=O) groups is 2. The fourth-order valence-corrected chi connectivity index (χ4v) is 6.25. The number of rotatable bonds is 7. The van der Waals surface area contributed by atoms with Crippen molar-refractivity contribution in [2.75, 3.05) is 39.5 Å². The molecule has 0 aromatic rings. The minimum absolute atomic E-state index is 0.0527. The lowest BCUT2D eigenvalue weighted by Crippen LogP contribution is -2.50. The molecule has 1 aliphatic heterocycles. The molecule has 2 fully saturated rings. The molecule has 0 amide bonds. The van der Waals surface area contributed by atoms with Gasteiger partial charge in [-0.15, -0.1) is 0 Å². The van der Waals surface area contributed by atoms with Crippen LogP contribution in [0, 0.1) is 5.41 Å². The van der Waals surface area contributed by atoms with Gasteiger partial charge in [-0.1, -0.05) is 19.3 Å². The van der Waals surface area contributed by atoms with Gasteiger partial charge in [0.1, 0.15) is 0 Å². The molecule has 150 valence electrons. The van der Waals surface area contributed by atoms with Gasteiger partial charge in [-0.2, -0.15) is 0 Å². The number of esters is 1. The van der Waals surface area contributed by atoms with Crippen molar-refractivity contribution in [3.63, 3.8) is 0 Å². The number of carbonyl (C=O) groups excluding carboxylic acids is 1. The van der Waals surface area contributed by atoms with Gasteiger partial charge in [0.15, 0.2) is 0 Å². The monoisotopic (exact) mass is 390 g/mol. The van der Waals surface area contributed by atoms with E-state index in [0.29, 0.717) is 38.8 Å². The number of hydrogen-bond acceptors (Lipinski definition) is 6. The highest BCUT2D eigenvalue weighted by Gasteiger charge is 2.46. The zero-order valence-corrected chi connectivity index (χ0v) is 16.5. The Hall–Kier alpha value is -1.19. The van der Waals surface area contributed by atoms with E-state index in [1.807, 2.05) is 0 Å². The molecule has 0 bridgehead atoms. The number of ether oxygens (including phenoxy) is 1. The first-order valence-corrected chi connectivity index (χ1v) is 10.8. The lowest BCUT2D eigenvalue weighted by atomic mass is 9.75. The molecule has 0 aromatic heterocycles. The van der Waals surface area contributed by atoms with Crippen LogP contribution in [0.5, 0.6) is 0 Å². The summed E-state index contributed by atoms with van der Waals surface area (Å²) in [4.78, 5) is 24.9. The SMILES string of the molecule is COC(=O)C1(CS(=O)(=O)N2CCC(N(C)CC(=O)O)CC2)CCCCC1. The number of methoxy groups -OCH3 is 1. The van der Waals surface area contributed by atoms with Crippen LogP contribution in [-0.2, 0) is 24.3 Å². The van der Waals surface area contributed by atoms with E-state index in [-0.39, 0.29) is 18.3 Å². The maximum Gasteiger partial charge on any atom is 0.317 e. The number of aliphatic carboxylic acids is 1. The van der Waals surface area contributed by atoms with Crippen LogP contribution in [0.25, 0.3) is 0 Å². The molecule has 1 N–H and O–H groups in total. The number of likely N-dealkylation sites (N-methyl/N-ethyl adjacent to an activating group) is 1. The first kappa shape index (κ1) is 21.1. The third kappa shape index (κ3) is 4.95. The highest BCUT2D eigenvalue weighted by Crippen LogP contribution is 2.39. The Kier molecular flexibility index (Phi) is 7.04. The minimum Gasteiger partial charge on any atom is -0.480 e. The first-order valence-electron chi connectivity index (χ1n) is 9.18. The fraction of sp³-hybridized carbons (Fsp3) is 0.882. The highest BCUT2D eigenvalue weighted by molar-refractivity contribution is 7.89. The van der Waals surface area contributed by atoms with Crippen molar-refractivity contribution in [1.29, 1.82) is 0 Å². The lowest BCUT2D eigenvalue weighted by molar-refractivity contribution is -0.153. The Morgan fingerprint density at radius 2 is 1.77 bits per heavy atom. The van der Waals surface area contributed by atoms with E-state index in [0.717, 1.165) is 19.3 Å². The van der Waals surface area contributed by atoms with Crippen molar-refractivity contribution in [3.05, 3.63) is 0 Å². The maximum absolute atomic E-state index is 12.9. The van der Waals surface area contributed by atoms with E-state index in [2.05, 4.69) is 0 Å². The van der Waals surface area contributed by atoms with E-state index in [9.17, 15) is 18.0 Å². The second-order valence-corrected chi connectivity index (χ2v) is 9.50. The maximum atomic E-state index is 12.9. The van der Waals surface area contributed by atoms with E-state index < -0.39 is 27.4 Å². The largest absolute Gasteiger partial charge is 0.480 e. The molecule has 0 aromatic carbocycles. The van der Waals surface area contributed by atoms with Crippen LogP contribution in [0.3, 0.4) is 0 Å². The summed E-state index contributed by atoms with van der Waals surface area (Å²) in [5.74, 6) is -1.50. The van der Waals surface area contributed by atoms with Gasteiger partial charge in [0.05, 0.1) is 24.8 Å². The van der Waals surface area contributed by atoms with Gasteiger partial charge in [-0.05, 0) is 32.7 Å². The molecule has 2 aliphatic rings. The molecule has 8 nitrogen and oxygen atoms in total. The van der Waals surface area contributed by atoms with Crippen molar-refractivity contribution in [2.24, 2.45) is 5.41 Å². The Morgan fingerprint density at radius 3 is 2.27 bits per heavy atom. The summed E-state index contributed by atoms with van der Waals surface area (Å²) in [5, 5.41) is 8.89. The Bertz CT molecular complexity index is 607. The van der Waals surface area contributed by atoms with Crippen molar-refractivity contribution in [3.8, 4) is 0 Å².